The van der Waals surface area contributed by atoms with Gasteiger partial charge in [0, 0.05) is 25.2 Å². The van der Waals surface area contributed by atoms with E-state index in [0.29, 0.717) is 17.5 Å². The zero-order chi connectivity index (χ0) is 13.6. The van der Waals surface area contributed by atoms with Gasteiger partial charge in [-0.25, -0.2) is 0 Å². The second-order valence-corrected chi connectivity index (χ2v) is 7.10. The molecule has 0 aromatic carbocycles. The first-order valence-electron chi connectivity index (χ1n) is 7.92. The second kappa shape index (κ2) is 7.49. The van der Waals surface area contributed by atoms with Crippen molar-refractivity contribution in [1.82, 2.24) is 10.2 Å². The van der Waals surface area contributed by atoms with Crippen LogP contribution >= 0.6 is 0 Å². The van der Waals surface area contributed by atoms with Gasteiger partial charge in [-0.3, -0.25) is 4.90 Å². The summed E-state index contributed by atoms with van der Waals surface area (Å²) in [4.78, 5) is 2.73. The standard InChI is InChI=1S/C16H34N2/c1-6-7-8-9-10-11-18-13-14(2)17-12-15(18)16(3,4)5/h14-15,17H,6-13H2,1-5H3. The van der Waals surface area contributed by atoms with Crippen molar-refractivity contribution in [3.8, 4) is 0 Å². The Morgan fingerprint density at radius 1 is 1.11 bits per heavy atom. The highest BCUT2D eigenvalue weighted by molar-refractivity contribution is 4.91. The lowest BCUT2D eigenvalue weighted by atomic mass is 9.84. The van der Waals surface area contributed by atoms with Crippen LogP contribution in [0.2, 0.25) is 0 Å². The number of unbranched alkanes of at least 4 members (excludes halogenated alkanes) is 4. The van der Waals surface area contributed by atoms with E-state index in [1.807, 2.05) is 0 Å². The third-order valence-electron chi connectivity index (χ3n) is 4.16. The molecule has 2 atom stereocenters. The Morgan fingerprint density at radius 3 is 2.39 bits per heavy atom. The Hall–Kier alpha value is -0.0800. The Bertz CT molecular complexity index is 220. The van der Waals surface area contributed by atoms with Crippen LogP contribution in [0.25, 0.3) is 0 Å². The van der Waals surface area contributed by atoms with Gasteiger partial charge in [0.15, 0.2) is 0 Å². The first-order chi connectivity index (χ1) is 8.45. The van der Waals surface area contributed by atoms with Crippen molar-refractivity contribution in [2.45, 2.75) is 78.8 Å². The van der Waals surface area contributed by atoms with E-state index in [9.17, 15) is 0 Å². The summed E-state index contributed by atoms with van der Waals surface area (Å²) in [7, 11) is 0. The highest BCUT2D eigenvalue weighted by Gasteiger charge is 2.33. The van der Waals surface area contributed by atoms with Crippen LogP contribution < -0.4 is 5.32 Å². The Balaban J connectivity index is 2.37. The minimum Gasteiger partial charge on any atom is -0.311 e. The maximum absolute atomic E-state index is 3.64. The molecular formula is C16H34N2. The molecule has 0 aliphatic carbocycles. The Labute approximate surface area is 115 Å². The molecule has 2 heteroatoms. The number of hydrogen-bond acceptors (Lipinski definition) is 2. The van der Waals surface area contributed by atoms with Crippen molar-refractivity contribution in [3.63, 3.8) is 0 Å². The molecule has 1 saturated heterocycles. The van der Waals surface area contributed by atoms with Crippen molar-refractivity contribution in [2.75, 3.05) is 19.6 Å². The zero-order valence-corrected chi connectivity index (χ0v) is 13.3. The van der Waals surface area contributed by atoms with Crippen LogP contribution in [-0.4, -0.2) is 36.6 Å². The average molecular weight is 254 g/mol. The lowest BCUT2D eigenvalue weighted by Crippen LogP contribution is -2.59. The normalized spacial score (nSPS) is 26.5. The molecule has 1 N–H and O–H groups in total. The van der Waals surface area contributed by atoms with E-state index in [1.165, 1.54) is 45.2 Å². The molecule has 0 saturated carbocycles. The van der Waals surface area contributed by atoms with E-state index in [2.05, 4.69) is 44.8 Å². The predicted octanol–water partition coefficient (Wildman–Crippen LogP) is 3.67. The van der Waals surface area contributed by atoms with Gasteiger partial charge in [0.2, 0.25) is 0 Å². The molecule has 18 heavy (non-hydrogen) atoms. The van der Waals surface area contributed by atoms with Crippen LogP contribution in [0.15, 0.2) is 0 Å². The quantitative estimate of drug-likeness (QED) is 0.728. The molecular weight excluding hydrogens is 220 g/mol. The molecule has 0 bridgehead atoms. The summed E-state index contributed by atoms with van der Waals surface area (Å²) >= 11 is 0. The largest absolute Gasteiger partial charge is 0.311 e. The van der Waals surface area contributed by atoms with Gasteiger partial charge in [0.05, 0.1) is 0 Å². The molecule has 0 amide bonds. The van der Waals surface area contributed by atoms with Crippen molar-refractivity contribution < 1.29 is 0 Å². The molecule has 0 spiro atoms. The van der Waals surface area contributed by atoms with E-state index < -0.39 is 0 Å². The third kappa shape index (κ3) is 5.27. The highest BCUT2D eigenvalue weighted by atomic mass is 15.2. The fourth-order valence-electron chi connectivity index (χ4n) is 3.00. The van der Waals surface area contributed by atoms with Crippen molar-refractivity contribution in [3.05, 3.63) is 0 Å². The van der Waals surface area contributed by atoms with Gasteiger partial charge >= 0.3 is 0 Å². The molecule has 0 aromatic rings. The number of nitrogens with zero attached hydrogens (tertiary/aromatic N) is 1. The lowest BCUT2D eigenvalue weighted by Gasteiger charge is -2.46. The first kappa shape index (κ1) is 16.0. The average Bonchev–Trinajstić information content (AvgIpc) is 2.27. The van der Waals surface area contributed by atoms with Gasteiger partial charge in [0.1, 0.15) is 0 Å². The van der Waals surface area contributed by atoms with Gasteiger partial charge in [-0.1, -0.05) is 53.4 Å². The van der Waals surface area contributed by atoms with Gasteiger partial charge in [-0.2, -0.15) is 0 Å². The third-order valence-corrected chi connectivity index (χ3v) is 4.16. The number of hydrogen-bond donors (Lipinski definition) is 1. The maximum Gasteiger partial charge on any atom is 0.0269 e. The molecule has 2 nitrogen and oxygen atoms in total. The smallest absolute Gasteiger partial charge is 0.0269 e. The summed E-state index contributed by atoms with van der Waals surface area (Å²) in [5.74, 6) is 0. The van der Waals surface area contributed by atoms with Crippen LogP contribution in [-0.2, 0) is 0 Å². The lowest BCUT2D eigenvalue weighted by molar-refractivity contribution is 0.0576. The molecule has 1 fully saturated rings. The second-order valence-electron chi connectivity index (χ2n) is 7.10. The summed E-state index contributed by atoms with van der Waals surface area (Å²) in [5, 5.41) is 3.64. The van der Waals surface area contributed by atoms with Gasteiger partial charge in [-0.15, -0.1) is 0 Å². The van der Waals surface area contributed by atoms with Crippen molar-refractivity contribution in [1.29, 1.82) is 0 Å². The first-order valence-corrected chi connectivity index (χ1v) is 7.92. The fraction of sp³-hybridized carbons (Fsp3) is 1.00. The summed E-state index contributed by atoms with van der Waals surface area (Å²) in [6.07, 6.45) is 6.94. The SMILES string of the molecule is CCCCCCCN1CC(C)NCC1C(C)(C)C. The van der Waals surface area contributed by atoms with E-state index >= 15 is 0 Å². The van der Waals surface area contributed by atoms with Crippen LogP contribution in [0.3, 0.4) is 0 Å². The monoisotopic (exact) mass is 254 g/mol. The topological polar surface area (TPSA) is 15.3 Å². The molecule has 2 unspecified atom stereocenters. The van der Waals surface area contributed by atoms with Crippen LogP contribution in [0.1, 0.15) is 66.7 Å². The van der Waals surface area contributed by atoms with E-state index in [1.54, 1.807) is 0 Å². The number of nitrogens with one attached hydrogen (secondary N) is 1. The molecule has 1 rings (SSSR count). The van der Waals surface area contributed by atoms with Crippen LogP contribution in [0, 0.1) is 5.41 Å². The van der Waals surface area contributed by atoms with Gasteiger partial charge < -0.3 is 5.32 Å². The highest BCUT2D eigenvalue weighted by Crippen LogP contribution is 2.26. The Kier molecular flexibility index (Phi) is 6.65. The zero-order valence-electron chi connectivity index (χ0n) is 13.3. The van der Waals surface area contributed by atoms with E-state index in [0.717, 1.165) is 6.54 Å². The van der Waals surface area contributed by atoms with Crippen molar-refractivity contribution in [2.24, 2.45) is 5.41 Å². The fourth-order valence-corrected chi connectivity index (χ4v) is 3.00. The molecule has 0 radical (unpaired) electrons. The van der Waals surface area contributed by atoms with E-state index in [4.69, 9.17) is 0 Å². The van der Waals surface area contributed by atoms with Gasteiger partial charge in [0.25, 0.3) is 0 Å². The number of rotatable bonds is 6. The van der Waals surface area contributed by atoms with E-state index in [-0.39, 0.29) is 0 Å². The molecule has 1 aliphatic rings. The van der Waals surface area contributed by atoms with Gasteiger partial charge in [-0.05, 0) is 25.3 Å². The van der Waals surface area contributed by atoms with Crippen LogP contribution in [0.5, 0.6) is 0 Å². The molecule has 1 heterocycles. The summed E-state index contributed by atoms with van der Waals surface area (Å²) in [6.45, 7) is 15.4. The maximum atomic E-state index is 3.64. The molecule has 0 aromatic heterocycles. The molecule has 1 aliphatic heterocycles. The summed E-state index contributed by atoms with van der Waals surface area (Å²) in [6, 6.07) is 1.35. The number of piperazine rings is 1. The molecule has 108 valence electrons. The van der Waals surface area contributed by atoms with Crippen LogP contribution in [0.4, 0.5) is 0 Å². The Morgan fingerprint density at radius 2 is 1.78 bits per heavy atom. The summed E-state index contributed by atoms with van der Waals surface area (Å²) < 4.78 is 0. The minimum atomic E-state index is 0.385. The predicted molar refractivity (Wildman–Crippen MR) is 81.0 cm³/mol. The van der Waals surface area contributed by atoms with Crippen molar-refractivity contribution >= 4 is 0 Å². The minimum absolute atomic E-state index is 0.385. The summed E-state index contributed by atoms with van der Waals surface area (Å²) in [5.41, 5.74) is 0.385.